The van der Waals surface area contributed by atoms with E-state index in [4.69, 9.17) is 9.47 Å². The van der Waals surface area contributed by atoms with Gasteiger partial charge >= 0.3 is 11.9 Å². The molecule has 5 fully saturated rings. The minimum Gasteiger partial charge on any atom is -0.462 e. The van der Waals surface area contributed by atoms with Crippen LogP contribution in [0.25, 0.3) is 0 Å². The summed E-state index contributed by atoms with van der Waals surface area (Å²) in [5, 5.41) is 2.14. The number of carbonyl (C=O) groups excluding carboxylic acids is 2. The third-order valence-corrected chi connectivity index (χ3v) is 16.7. The molecule has 6 nitrogen and oxygen atoms in total. The Hall–Kier alpha value is -2.18. The third kappa shape index (κ3) is 6.77. The van der Waals surface area contributed by atoms with Gasteiger partial charge in [0, 0.05) is 22.8 Å². The van der Waals surface area contributed by atoms with Crippen LogP contribution in [0.15, 0.2) is 42.5 Å². The van der Waals surface area contributed by atoms with Crippen LogP contribution >= 0.6 is 0 Å². The number of esters is 2. The average molecular weight is 705 g/mol. The first-order valence-electron chi connectivity index (χ1n) is 20.8. The zero-order chi connectivity index (χ0) is 36.8. The molecule has 0 spiro atoms. The van der Waals surface area contributed by atoms with Crippen LogP contribution in [0.3, 0.4) is 0 Å². The molecule has 6 heteroatoms. The molecule has 51 heavy (non-hydrogen) atoms. The number of allylic oxidation sites excluding steroid dienone is 1. The maximum atomic E-state index is 13.2. The highest BCUT2D eigenvalue weighted by atomic mass is 16.5. The fourth-order valence-electron chi connectivity index (χ4n) is 13.8. The number of benzene rings is 1. The van der Waals surface area contributed by atoms with Crippen LogP contribution in [0.1, 0.15) is 125 Å². The smallest absolute Gasteiger partial charge is 0.361 e. The summed E-state index contributed by atoms with van der Waals surface area (Å²) in [6, 6.07) is 10.6. The molecule has 0 amide bonds. The lowest BCUT2D eigenvalue weighted by Crippen LogP contribution is -3.11. The summed E-state index contributed by atoms with van der Waals surface area (Å²) in [6.45, 7) is 25.4. The van der Waals surface area contributed by atoms with Crippen LogP contribution in [-0.2, 0) is 25.6 Å². The summed E-state index contributed by atoms with van der Waals surface area (Å²) in [5.41, 5.74) is 3.49. The summed E-state index contributed by atoms with van der Waals surface area (Å²) in [5.74, 6) is 2.80. The number of hydrogen-bond acceptors (Lipinski definition) is 4. The number of hydrogen-bond donors (Lipinski definition) is 2. The van der Waals surface area contributed by atoms with Gasteiger partial charge in [-0.05, 0) is 117 Å². The first-order valence-corrected chi connectivity index (χ1v) is 20.8. The average Bonchev–Trinajstić information content (AvgIpc) is 3.48. The van der Waals surface area contributed by atoms with E-state index >= 15 is 0 Å². The molecule has 5 saturated carbocycles. The largest absolute Gasteiger partial charge is 0.462 e. The Morgan fingerprint density at radius 2 is 1.63 bits per heavy atom. The first kappa shape index (κ1) is 38.5. The van der Waals surface area contributed by atoms with Gasteiger partial charge in [0.15, 0.2) is 6.54 Å². The Morgan fingerprint density at radius 3 is 2.33 bits per heavy atom. The monoisotopic (exact) mass is 705 g/mol. The minimum absolute atomic E-state index is 0.0182. The van der Waals surface area contributed by atoms with Crippen molar-refractivity contribution in [2.45, 2.75) is 132 Å². The van der Waals surface area contributed by atoms with Crippen LogP contribution in [0.4, 0.5) is 0 Å². The van der Waals surface area contributed by atoms with Gasteiger partial charge < -0.3 is 19.7 Å². The molecule has 11 atom stereocenters. The van der Waals surface area contributed by atoms with E-state index in [-0.39, 0.29) is 45.1 Å². The van der Waals surface area contributed by atoms with Crippen LogP contribution < -0.4 is 10.2 Å². The number of fused-ring (bicyclic) bond motifs is 7. The van der Waals surface area contributed by atoms with Gasteiger partial charge in [-0.1, -0.05) is 84.0 Å². The summed E-state index contributed by atoms with van der Waals surface area (Å²) in [7, 11) is 2.23. The van der Waals surface area contributed by atoms with E-state index in [1.54, 1.807) is 0 Å². The standard InChI is InChI=1S/C45H70N2O4/c1-10-38(48)51-37-20-21-42(6)35(41(37,4)5)19-22-44(8)36(42)17-16-34-40-33(31(2)3)18-23-45(40,25-24-43(34,44)7)30-50-39(49)28-46-26-27-47(9)29-32-14-12-11-13-15-32/h11-15,33-37,40,46H,2,10,16-30H2,1,3-9H3/p+2/t33-,34?,35?,36?,37-,40?,42-,43+,44+,45+/m0/s1. The highest BCUT2D eigenvalue weighted by Crippen LogP contribution is 2.77. The van der Waals surface area contributed by atoms with Gasteiger partial charge in [-0.3, -0.25) is 4.79 Å². The number of nitrogens with one attached hydrogen (secondary N) is 1. The second-order valence-electron chi connectivity index (χ2n) is 19.6. The predicted molar refractivity (Wildman–Crippen MR) is 204 cm³/mol. The van der Waals surface area contributed by atoms with Crippen LogP contribution in [0, 0.1) is 56.7 Å². The van der Waals surface area contributed by atoms with Crippen LogP contribution in [0.5, 0.6) is 0 Å². The van der Waals surface area contributed by atoms with E-state index < -0.39 is 0 Å². The van der Waals surface area contributed by atoms with Crippen LogP contribution in [0.2, 0.25) is 0 Å². The fraction of sp³-hybridized carbons (Fsp3) is 0.778. The van der Waals surface area contributed by atoms with Crippen LogP contribution in [-0.4, -0.2) is 51.3 Å². The van der Waals surface area contributed by atoms with Gasteiger partial charge in [0.25, 0.3) is 0 Å². The molecule has 1 aromatic carbocycles. The molecule has 0 saturated heterocycles. The molecule has 5 aliphatic rings. The normalized spacial score (nSPS) is 40.2. The maximum absolute atomic E-state index is 13.2. The van der Waals surface area contributed by atoms with Crippen molar-refractivity contribution in [1.82, 2.24) is 0 Å². The van der Waals surface area contributed by atoms with Crippen molar-refractivity contribution in [3.05, 3.63) is 48.0 Å². The SMILES string of the molecule is C=C(C)[C@@H]1CC[C@]2(COC(=O)C[NH2+]CC[NH+](C)Cc3ccccc3)CC[C@]3(C)C(CCC4[C@@]5(C)CC[C@H](OC(=O)CC)C(C)(C)C5CC[C@]43C)C12. The fourth-order valence-corrected chi connectivity index (χ4v) is 13.8. The van der Waals surface area contributed by atoms with E-state index in [1.807, 2.05) is 6.92 Å². The van der Waals surface area contributed by atoms with Crippen molar-refractivity contribution >= 4 is 11.9 Å². The van der Waals surface area contributed by atoms with Crippen molar-refractivity contribution in [3.8, 4) is 0 Å². The zero-order valence-corrected chi connectivity index (χ0v) is 33.6. The van der Waals surface area contributed by atoms with E-state index in [1.165, 1.54) is 54.6 Å². The number of nitrogens with two attached hydrogens (primary N) is 1. The molecule has 0 bridgehead atoms. The number of carbonyl (C=O) groups is 2. The second-order valence-corrected chi connectivity index (χ2v) is 19.6. The van der Waals surface area contributed by atoms with Gasteiger partial charge in [-0.2, -0.15) is 0 Å². The lowest BCUT2D eigenvalue weighted by Gasteiger charge is -2.73. The molecule has 5 unspecified atom stereocenters. The first-order chi connectivity index (χ1) is 24.1. The Bertz CT molecular complexity index is 1430. The van der Waals surface area contributed by atoms with E-state index in [0.29, 0.717) is 49.2 Å². The molecular weight excluding hydrogens is 633 g/mol. The van der Waals surface area contributed by atoms with Crippen molar-refractivity contribution < 1.29 is 29.3 Å². The third-order valence-electron chi connectivity index (χ3n) is 16.7. The van der Waals surface area contributed by atoms with Gasteiger partial charge in [-0.25, -0.2) is 4.79 Å². The maximum Gasteiger partial charge on any atom is 0.361 e. The zero-order valence-electron chi connectivity index (χ0n) is 33.6. The molecular formula is C45H72N2O4+2. The van der Waals surface area contributed by atoms with Crippen molar-refractivity contribution in [2.75, 3.05) is 33.3 Å². The molecule has 0 radical (unpaired) electrons. The predicted octanol–water partition coefficient (Wildman–Crippen LogP) is 6.79. The molecule has 0 aromatic heterocycles. The Labute approximate surface area is 310 Å². The number of likely N-dealkylation sites (N-methyl/N-ethyl adjacent to an activating group) is 1. The molecule has 284 valence electrons. The van der Waals surface area contributed by atoms with Crippen molar-refractivity contribution in [1.29, 1.82) is 0 Å². The van der Waals surface area contributed by atoms with Gasteiger partial charge in [0.2, 0.25) is 0 Å². The Morgan fingerprint density at radius 1 is 0.882 bits per heavy atom. The lowest BCUT2D eigenvalue weighted by molar-refractivity contribution is -0.906. The van der Waals surface area contributed by atoms with Crippen molar-refractivity contribution in [2.24, 2.45) is 56.7 Å². The summed E-state index contributed by atoms with van der Waals surface area (Å²) >= 11 is 0. The van der Waals surface area contributed by atoms with Gasteiger partial charge in [0.1, 0.15) is 25.7 Å². The molecule has 3 N–H and O–H groups in total. The highest BCUT2D eigenvalue weighted by Gasteiger charge is 2.71. The Balaban J connectivity index is 1.13. The molecule has 0 aliphatic heterocycles. The Kier molecular flexibility index (Phi) is 11.0. The van der Waals surface area contributed by atoms with Gasteiger partial charge in [0.05, 0.1) is 13.7 Å². The topological polar surface area (TPSA) is 73.7 Å². The molecule has 5 aliphatic carbocycles. The molecule has 0 heterocycles. The number of rotatable bonds is 12. The summed E-state index contributed by atoms with van der Waals surface area (Å²) < 4.78 is 12.4. The number of ether oxygens (including phenoxy) is 2. The minimum atomic E-state index is -0.0549. The molecule has 1 aromatic rings. The second kappa shape index (κ2) is 14.6. The van der Waals surface area contributed by atoms with Gasteiger partial charge in [-0.15, -0.1) is 0 Å². The van der Waals surface area contributed by atoms with E-state index in [0.717, 1.165) is 45.3 Å². The van der Waals surface area contributed by atoms with E-state index in [2.05, 4.69) is 90.8 Å². The summed E-state index contributed by atoms with van der Waals surface area (Å²) in [6.07, 6.45) is 12.4. The number of quaternary nitrogens is 2. The van der Waals surface area contributed by atoms with E-state index in [9.17, 15) is 9.59 Å². The summed E-state index contributed by atoms with van der Waals surface area (Å²) in [4.78, 5) is 27.1. The molecule has 6 rings (SSSR count). The van der Waals surface area contributed by atoms with Crippen molar-refractivity contribution in [3.63, 3.8) is 0 Å². The lowest BCUT2D eigenvalue weighted by atomic mass is 9.32. The quantitative estimate of drug-likeness (QED) is 0.143. The highest BCUT2D eigenvalue weighted by molar-refractivity contribution is 5.70.